The molecule has 0 bridgehead atoms. The van der Waals surface area contributed by atoms with E-state index in [1.54, 1.807) is 6.08 Å². The molecule has 1 aromatic rings. The van der Waals surface area contributed by atoms with E-state index in [4.69, 9.17) is 0 Å². The van der Waals surface area contributed by atoms with Crippen LogP contribution in [0.5, 0.6) is 0 Å². The third-order valence-electron chi connectivity index (χ3n) is 3.18. The Morgan fingerprint density at radius 1 is 1.06 bits per heavy atom. The molecule has 2 rings (SSSR count). The minimum absolute atomic E-state index is 0.115. The van der Waals surface area contributed by atoms with Crippen molar-refractivity contribution in [1.82, 2.24) is 4.72 Å². The van der Waals surface area contributed by atoms with Crippen LogP contribution in [0.4, 0.5) is 0 Å². The normalized spacial score (nSPS) is 18.2. The fourth-order valence-electron chi connectivity index (χ4n) is 2.22. The van der Waals surface area contributed by atoms with Crippen LogP contribution in [-0.2, 0) is 10.0 Å². The summed E-state index contributed by atoms with van der Waals surface area (Å²) in [7, 11) is -3.31. The van der Waals surface area contributed by atoms with E-state index in [-0.39, 0.29) is 6.04 Å². The van der Waals surface area contributed by atoms with E-state index >= 15 is 0 Å². The van der Waals surface area contributed by atoms with Crippen molar-refractivity contribution in [2.75, 3.05) is 0 Å². The number of benzene rings is 1. The van der Waals surface area contributed by atoms with Crippen LogP contribution in [0.1, 0.15) is 37.7 Å². The molecule has 0 saturated heterocycles. The molecule has 0 unspecified atom stereocenters. The largest absolute Gasteiger partial charge is 0.233 e. The standard InChI is InChI=1S/C14H19NO2S/c16-18(17,15-14-9-5-2-6-10-14)12-11-13-7-3-1-4-8-13/h1,3-4,7-8,11-12,14-15H,2,5-6,9-10H2/b12-11+. The fourth-order valence-corrected chi connectivity index (χ4v) is 3.34. The predicted octanol–water partition coefficient (Wildman–Crippen LogP) is 2.91. The molecular weight excluding hydrogens is 246 g/mol. The molecule has 1 aliphatic carbocycles. The number of nitrogens with one attached hydrogen (secondary N) is 1. The third-order valence-corrected chi connectivity index (χ3v) is 4.33. The van der Waals surface area contributed by atoms with Gasteiger partial charge in [-0.2, -0.15) is 0 Å². The van der Waals surface area contributed by atoms with Crippen LogP contribution in [0, 0.1) is 0 Å². The lowest BCUT2D eigenvalue weighted by atomic mass is 9.96. The van der Waals surface area contributed by atoms with Crippen LogP contribution >= 0.6 is 0 Å². The van der Waals surface area contributed by atoms with E-state index in [0.29, 0.717) is 0 Å². The SMILES string of the molecule is O=S(=O)(/C=C/c1ccccc1)NC1CCCCC1. The Hall–Kier alpha value is -1.13. The van der Waals surface area contributed by atoms with Crippen molar-refractivity contribution < 1.29 is 8.42 Å². The van der Waals surface area contributed by atoms with Gasteiger partial charge in [-0.1, -0.05) is 49.6 Å². The molecule has 18 heavy (non-hydrogen) atoms. The maximum absolute atomic E-state index is 11.9. The molecule has 1 aromatic carbocycles. The van der Waals surface area contributed by atoms with Gasteiger partial charge in [0.25, 0.3) is 0 Å². The van der Waals surface area contributed by atoms with Crippen molar-refractivity contribution >= 4 is 16.1 Å². The van der Waals surface area contributed by atoms with Gasteiger partial charge in [-0.05, 0) is 24.5 Å². The first-order valence-electron chi connectivity index (χ1n) is 6.41. The first-order chi connectivity index (χ1) is 8.66. The minimum atomic E-state index is -3.31. The van der Waals surface area contributed by atoms with E-state index in [1.807, 2.05) is 30.3 Å². The monoisotopic (exact) mass is 265 g/mol. The zero-order valence-corrected chi connectivity index (χ0v) is 11.2. The van der Waals surface area contributed by atoms with Gasteiger partial charge < -0.3 is 0 Å². The molecule has 1 fully saturated rings. The third kappa shape index (κ3) is 4.27. The quantitative estimate of drug-likeness (QED) is 0.910. The molecule has 0 spiro atoms. The number of rotatable bonds is 4. The van der Waals surface area contributed by atoms with Gasteiger partial charge in [0, 0.05) is 11.4 Å². The highest BCUT2D eigenvalue weighted by molar-refractivity contribution is 7.92. The van der Waals surface area contributed by atoms with Crippen LogP contribution in [0.25, 0.3) is 6.08 Å². The van der Waals surface area contributed by atoms with Crippen LogP contribution in [0.3, 0.4) is 0 Å². The second-order valence-electron chi connectivity index (χ2n) is 4.71. The van der Waals surface area contributed by atoms with Crippen molar-refractivity contribution in [2.45, 2.75) is 38.1 Å². The molecule has 3 nitrogen and oxygen atoms in total. The Morgan fingerprint density at radius 3 is 2.39 bits per heavy atom. The zero-order chi connectivity index (χ0) is 12.8. The molecule has 1 N–H and O–H groups in total. The Kier molecular flexibility index (Phi) is 4.55. The highest BCUT2D eigenvalue weighted by Gasteiger charge is 2.17. The summed E-state index contributed by atoms with van der Waals surface area (Å²) in [6.07, 6.45) is 7.01. The molecule has 0 aliphatic heterocycles. The number of sulfonamides is 1. The van der Waals surface area contributed by atoms with Gasteiger partial charge in [0.1, 0.15) is 0 Å². The van der Waals surface area contributed by atoms with Crippen molar-refractivity contribution in [3.63, 3.8) is 0 Å². The Labute approximate surface area is 109 Å². The summed E-state index contributed by atoms with van der Waals surface area (Å²) in [5.41, 5.74) is 0.895. The number of hydrogen-bond donors (Lipinski definition) is 1. The van der Waals surface area contributed by atoms with Gasteiger partial charge in [-0.3, -0.25) is 0 Å². The molecule has 0 aromatic heterocycles. The van der Waals surface area contributed by atoms with Crippen molar-refractivity contribution in [1.29, 1.82) is 0 Å². The molecule has 1 saturated carbocycles. The minimum Gasteiger partial charge on any atom is -0.209 e. The summed E-state index contributed by atoms with van der Waals surface area (Å²) in [6.45, 7) is 0. The van der Waals surface area contributed by atoms with Gasteiger partial charge in [0.2, 0.25) is 10.0 Å². The molecule has 4 heteroatoms. The van der Waals surface area contributed by atoms with Gasteiger partial charge in [-0.15, -0.1) is 0 Å². The zero-order valence-electron chi connectivity index (χ0n) is 10.4. The Bertz CT molecular complexity index is 488. The summed E-state index contributed by atoms with van der Waals surface area (Å²) in [5.74, 6) is 0. The summed E-state index contributed by atoms with van der Waals surface area (Å²) < 4.78 is 26.5. The number of hydrogen-bond acceptors (Lipinski definition) is 2. The summed E-state index contributed by atoms with van der Waals surface area (Å²) in [4.78, 5) is 0. The fraction of sp³-hybridized carbons (Fsp3) is 0.429. The molecule has 0 amide bonds. The average Bonchev–Trinajstić information content (AvgIpc) is 2.38. The first kappa shape index (κ1) is 13.3. The van der Waals surface area contributed by atoms with E-state index in [1.165, 1.54) is 11.8 Å². The summed E-state index contributed by atoms with van der Waals surface area (Å²) in [5, 5.41) is 1.26. The lowest BCUT2D eigenvalue weighted by Gasteiger charge is -2.21. The Balaban J connectivity index is 1.96. The van der Waals surface area contributed by atoms with Crippen molar-refractivity contribution in [3.05, 3.63) is 41.3 Å². The molecule has 0 atom stereocenters. The maximum atomic E-state index is 11.9. The van der Waals surface area contributed by atoms with E-state index in [0.717, 1.165) is 31.2 Å². The summed E-state index contributed by atoms with van der Waals surface area (Å²) in [6, 6.07) is 9.57. The Morgan fingerprint density at radius 2 is 1.72 bits per heavy atom. The molecule has 1 aliphatic rings. The van der Waals surface area contributed by atoms with Crippen LogP contribution in [0.2, 0.25) is 0 Å². The van der Waals surface area contributed by atoms with Gasteiger partial charge in [-0.25, -0.2) is 13.1 Å². The molecular formula is C14H19NO2S. The lowest BCUT2D eigenvalue weighted by Crippen LogP contribution is -2.34. The highest BCUT2D eigenvalue weighted by atomic mass is 32.2. The highest BCUT2D eigenvalue weighted by Crippen LogP contribution is 2.18. The van der Waals surface area contributed by atoms with Crippen LogP contribution < -0.4 is 4.72 Å². The second-order valence-corrected chi connectivity index (χ2v) is 6.31. The van der Waals surface area contributed by atoms with E-state index in [2.05, 4.69) is 4.72 Å². The average molecular weight is 265 g/mol. The smallest absolute Gasteiger partial charge is 0.209 e. The van der Waals surface area contributed by atoms with Crippen LogP contribution in [-0.4, -0.2) is 14.5 Å². The van der Waals surface area contributed by atoms with Gasteiger partial charge in [0.05, 0.1) is 0 Å². The summed E-state index contributed by atoms with van der Waals surface area (Å²) >= 11 is 0. The van der Waals surface area contributed by atoms with E-state index in [9.17, 15) is 8.42 Å². The van der Waals surface area contributed by atoms with Gasteiger partial charge >= 0.3 is 0 Å². The predicted molar refractivity (Wildman–Crippen MR) is 74.4 cm³/mol. The van der Waals surface area contributed by atoms with Crippen LogP contribution in [0.15, 0.2) is 35.7 Å². The van der Waals surface area contributed by atoms with Gasteiger partial charge in [0.15, 0.2) is 0 Å². The topological polar surface area (TPSA) is 46.2 Å². The van der Waals surface area contributed by atoms with E-state index < -0.39 is 10.0 Å². The maximum Gasteiger partial charge on any atom is 0.233 e. The molecule has 0 heterocycles. The van der Waals surface area contributed by atoms with Crippen molar-refractivity contribution in [2.24, 2.45) is 0 Å². The van der Waals surface area contributed by atoms with Crippen molar-refractivity contribution in [3.8, 4) is 0 Å². The lowest BCUT2D eigenvalue weighted by molar-refractivity contribution is 0.413. The molecule has 0 radical (unpaired) electrons. The molecule has 98 valence electrons. The first-order valence-corrected chi connectivity index (χ1v) is 7.96. The second kappa shape index (κ2) is 6.16.